The number of carbonyl (C=O) groups is 1. The third-order valence-electron chi connectivity index (χ3n) is 4.95. The topological polar surface area (TPSA) is 91.2 Å². The average Bonchev–Trinajstić information content (AvgIpc) is 3.10. The molecule has 138 valence electrons. The van der Waals surface area contributed by atoms with Crippen LogP contribution >= 0.6 is 0 Å². The highest BCUT2D eigenvalue weighted by molar-refractivity contribution is 5.93. The first-order valence-electron chi connectivity index (χ1n) is 9.10. The fourth-order valence-electron chi connectivity index (χ4n) is 3.49. The Morgan fingerprint density at radius 3 is 2.96 bits per heavy atom. The zero-order chi connectivity index (χ0) is 17.8. The molecule has 8 heteroatoms. The van der Waals surface area contributed by atoms with E-state index in [1.807, 2.05) is 4.68 Å². The number of hydrogen-bond acceptors (Lipinski definition) is 6. The zero-order valence-corrected chi connectivity index (χ0v) is 14.6. The Bertz CT molecular complexity index is 743. The molecule has 0 saturated carbocycles. The lowest BCUT2D eigenvalue weighted by atomic mass is 10.0. The van der Waals surface area contributed by atoms with Crippen LogP contribution in [0.5, 0.6) is 0 Å². The monoisotopic (exact) mass is 357 g/mol. The Morgan fingerprint density at radius 1 is 1.27 bits per heavy atom. The molecule has 2 aromatic heterocycles. The van der Waals surface area contributed by atoms with Crippen LogP contribution in [0.4, 0.5) is 0 Å². The Balaban J connectivity index is 1.39. The van der Waals surface area contributed by atoms with E-state index in [0.717, 1.165) is 44.7 Å². The lowest BCUT2D eigenvalue weighted by Gasteiger charge is -2.22. The molecule has 2 aliphatic rings. The van der Waals surface area contributed by atoms with Crippen molar-refractivity contribution in [2.75, 3.05) is 26.4 Å². The van der Waals surface area contributed by atoms with Crippen molar-refractivity contribution in [2.24, 2.45) is 5.92 Å². The molecule has 0 aliphatic carbocycles. The fraction of sp³-hybridized carbons (Fsp3) is 0.556. The maximum atomic E-state index is 12.2. The lowest BCUT2D eigenvalue weighted by molar-refractivity contribution is 0.0379. The van der Waals surface area contributed by atoms with Crippen molar-refractivity contribution in [3.63, 3.8) is 0 Å². The maximum absolute atomic E-state index is 12.2. The first kappa shape index (κ1) is 17.1. The largest absolute Gasteiger partial charge is 0.381 e. The smallest absolute Gasteiger partial charge is 0.253 e. The standard InChI is InChI=1S/C18H23N5O3/c24-18(14-1-5-20-21-9-14)19-10-16-17-15(4-8-26-16)12-23(22-17)11-13-2-6-25-7-3-13/h1,5,9,12-13,16H,2-4,6-8,10-11H2,(H,19,24)/t16-/m0/s1. The molecule has 0 radical (unpaired) electrons. The van der Waals surface area contributed by atoms with Gasteiger partial charge in [-0.05, 0) is 36.8 Å². The Labute approximate surface area is 151 Å². The number of rotatable bonds is 5. The van der Waals surface area contributed by atoms with Crippen LogP contribution in [0.15, 0.2) is 24.7 Å². The molecule has 1 N–H and O–H groups in total. The van der Waals surface area contributed by atoms with Crippen LogP contribution in [-0.2, 0) is 22.4 Å². The van der Waals surface area contributed by atoms with Crippen molar-refractivity contribution < 1.29 is 14.3 Å². The summed E-state index contributed by atoms with van der Waals surface area (Å²) in [4.78, 5) is 12.2. The maximum Gasteiger partial charge on any atom is 0.253 e. The van der Waals surface area contributed by atoms with Crippen molar-refractivity contribution in [1.29, 1.82) is 0 Å². The lowest BCUT2D eigenvalue weighted by Crippen LogP contribution is -2.32. The van der Waals surface area contributed by atoms with Gasteiger partial charge in [-0.25, -0.2) is 0 Å². The third-order valence-corrected chi connectivity index (χ3v) is 4.95. The van der Waals surface area contributed by atoms with E-state index in [1.165, 1.54) is 18.0 Å². The molecule has 1 saturated heterocycles. The van der Waals surface area contributed by atoms with E-state index >= 15 is 0 Å². The van der Waals surface area contributed by atoms with Crippen LogP contribution in [0, 0.1) is 5.92 Å². The molecule has 2 aromatic rings. The summed E-state index contributed by atoms with van der Waals surface area (Å²) >= 11 is 0. The van der Waals surface area contributed by atoms with Crippen LogP contribution in [0.1, 0.15) is 40.6 Å². The van der Waals surface area contributed by atoms with E-state index in [0.29, 0.717) is 24.6 Å². The second-order valence-corrected chi connectivity index (χ2v) is 6.77. The molecule has 26 heavy (non-hydrogen) atoms. The minimum Gasteiger partial charge on any atom is -0.381 e. The van der Waals surface area contributed by atoms with Gasteiger partial charge in [-0.2, -0.15) is 15.3 Å². The number of nitrogens with one attached hydrogen (secondary N) is 1. The fourth-order valence-corrected chi connectivity index (χ4v) is 3.49. The second kappa shape index (κ2) is 7.92. The number of hydrogen-bond donors (Lipinski definition) is 1. The first-order chi connectivity index (χ1) is 12.8. The van der Waals surface area contributed by atoms with Gasteiger partial charge in [0.15, 0.2) is 0 Å². The van der Waals surface area contributed by atoms with Crippen molar-refractivity contribution >= 4 is 5.91 Å². The highest BCUT2D eigenvalue weighted by Gasteiger charge is 2.26. The van der Waals surface area contributed by atoms with Gasteiger partial charge in [0.25, 0.3) is 5.91 Å². The molecule has 2 aliphatic heterocycles. The van der Waals surface area contributed by atoms with Gasteiger partial charge in [-0.3, -0.25) is 9.48 Å². The van der Waals surface area contributed by atoms with Gasteiger partial charge in [0, 0.05) is 32.5 Å². The minimum atomic E-state index is -0.214. The summed E-state index contributed by atoms with van der Waals surface area (Å²) in [5.41, 5.74) is 2.64. The highest BCUT2D eigenvalue weighted by Crippen LogP contribution is 2.26. The van der Waals surface area contributed by atoms with E-state index < -0.39 is 0 Å². The van der Waals surface area contributed by atoms with Gasteiger partial charge >= 0.3 is 0 Å². The van der Waals surface area contributed by atoms with E-state index in [9.17, 15) is 4.79 Å². The number of amides is 1. The van der Waals surface area contributed by atoms with Crippen molar-refractivity contribution in [3.8, 4) is 0 Å². The third kappa shape index (κ3) is 3.91. The van der Waals surface area contributed by atoms with Gasteiger partial charge in [0.05, 0.1) is 30.3 Å². The van der Waals surface area contributed by atoms with Crippen molar-refractivity contribution in [2.45, 2.75) is 31.9 Å². The molecule has 4 rings (SSSR count). The molecular weight excluding hydrogens is 334 g/mol. The molecule has 0 bridgehead atoms. The molecular formula is C18H23N5O3. The van der Waals surface area contributed by atoms with E-state index in [4.69, 9.17) is 14.6 Å². The molecule has 1 amide bonds. The summed E-state index contributed by atoms with van der Waals surface area (Å²) in [6, 6.07) is 1.64. The summed E-state index contributed by atoms with van der Waals surface area (Å²) in [7, 11) is 0. The quantitative estimate of drug-likeness (QED) is 0.863. The second-order valence-electron chi connectivity index (χ2n) is 6.77. The number of aromatic nitrogens is 4. The molecule has 0 spiro atoms. The summed E-state index contributed by atoms with van der Waals surface area (Å²) in [5, 5.41) is 15.1. The normalized spacial score (nSPS) is 20.5. The van der Waals surface area contributed by atoms with Crippen molar-refractivity contribution in [3.05, 3.63) is 41.5 Å². The predicted molar refractivity (Wildman–Crippen MR) is 92.5 cm³/mol. The Kier molecular flexibility index (Phi) is 5.21. The van der Waals surface area contributed by atoms with Crippen LogP contribution in [0.3, 0.4) is 0 Å². The molecule has 0 aromatic carbocycles. The molecule has 0 unspecified atom stereocenters. The van der Waals surface area contributed by atoms with Crippen LogP contribution < -0.4 is 5.32 Å². The summed E-state index contributed by atoms with van der Waals surface area (Å²) in [5.74, 6) is 0.431. The summed E-state index contributed by atoms with van der Waals surface area (Å²) < 4.78 is 13.3. The number of carbonyl (C=O) groups excluding carboxylic acids is 1. The number of nitrogens with zero attached hydrogens (tertiary/aromatic N) is 4. The molecule has 1 atom stereocenters. The zero-order valence-electron chi connectivity index (χ0n) is 14.6. The highest BCUT2D eigenvalue weighted by atomic mass is 16.5. The predicted octanol–water partition coefficient (Wildman–Crippen LogP) is 1.14. The summed E-state index contributed by atoms with van der Waals surface area (Å²) in [6.45, 7) is 3.63. The van der Waals surface area contributed by atoms with E-state index in [-0.39, 0.29) is 12.0 Å². The van der Waals surface area contributed by atoms with Gasteiger partial charge in [0.1, 0.15) is 6.10 Å². The first-order valence-corrected chi connectivity index (χ1v) is 9.10. The van der Waals surface area contributed by atoms with Crippen molar-refractivity contribution in [1.82, 2.24) is 25.3 Å². The Morgan fingerprint density at radius 2 is 2.15 bits per heavy atom. The van der Waals surface area contributed by atoms with E-state index in [2.05, 4.69) is 21.7 Å². The van der Waals surface area contributed by atoms with Crippen LogP contribution in [-0.4, -0.2) is 52.3 Å². The molecule has 8 nitrogen and oxygen atoms in total. The SMILES string of the molecule is O=C(NC[C@@H]1OCCc2cn(CC3CCOCC3)nc21)c1ccnnc1. The average molecular weight is 357 g/mol. The minimum absolute atomic E-state index is 0.183. The number of ether oxygens (including phenoxy) is 2. The van der Waals surface area contributed by atoms with E-state index in [1.54, 1.807) is 6.07 Å². The van der Waals surface area contributed by atoms with Crippen LogP contribution in [0.25, 0.3) is 0 Å². The Hall–Kier alpha value is -2.32. The molecule has 1 fully saturated rings. The van der Waals surface area contributed by atoms with Gasteiger partial charge in [-0.15, -0.1) is 0 Å². The van der Waals surface area contributed by atoms with Gasteiger partial charge in [0.2, 0.25) is 0 Å². The number of fused-ring (bicyclic) bond motifs is 1. The van der Waals surface area contributed by atoms with Crippen LogP contribution in [0.2, 0.25) is 0 Å². The van der Waals surface area contributed by atoms with Gasteiger partial charge < -0.3 is 14.8 Å². The summed E-state index contributed by atoms with van der Waals surface area (Å²) in [6.07, 6.45) is 7.90. The van der Waals surface area contributed by atoms with Gasteiger partial charge in [-0.1, -0.05) is 0 Å². The molecule has 4 heterocycles.